The van der Waals surface area contributed by atoms with Gasteiger partial charge in [-0.25, -0.2) is 4.79 Å². The van der Waals surface area contributed by atoms with Gasteiger partial charge in [-0.05, 0) is 32.6 Å². The summed E-state index contributed by atoms with van der Waals surface area (Å²) in [5.41, 5.74) is -0.921. The minimum absolute atomic E-state index is 0.109. The van der Waals surface area contributed by atoms with Gasteiger partial charge in [0.15, 0.2) is 11.5 Å². The van der Waals surface area contributed by atoms with Crippen LogP contribution < -0.4 is 0 Å². The monoisotopic (exact) mass is 225 g/mol. The zero-order chi connectivity index (χ0) is 11.8. The zero-order valence-corrected chi connectivity index (χ0v) is 9.40. The highest BCUT2D eigenvalue weighted by Gasteiger charge is 2.44. The molecule has 1 aliphatic rings. The van der Waals surface area contributed by atoms with Crippen molar-refractivity contribution in [1.29, 1.82) is 0 Å². The molecule has 1 aliphatic carbocycles. The predicted octanol–water partition coefficient (Wildman–Crippen LogP) is 1.47. The van der Waals surface area contributed by atoms with Crippen LogP contribution >= 0.6 is 0 Å². The van der Waals surface area contributed by atoms with E-state index in [-0.39, 0.29) is 11.6 Å². The lowest BCUT2D eigenvalue weighted by atomic mass is 9.97. The fourth-order valence-corrected chi connectivity index (χ4v) is 1.66. The molecule has 0 radical (unpaired) electrons. The molecule has 5 nitrogen and oxygen atoms in total. The number of aliphatic hydroxyl groups is 1. The van der Waals surface area contributed by atoms with Crippen LogP contribution in [0, 0.1) is 5.92 Å². The molecule has 0 bridgehead atoms. The number of hydrogen-bond acceptors (Lipinski definition) is 5. The van der Waals surface area contributed by atoms with Gasteiger partial charge in [-0.2, -0.15) is 0 Å². The topological polar surface area (TPSA) is 72.6 Å². The first-order valence-electron chi connectivity index (χ1n) is 5.42. The van der Waals surface area contributed by atoms with Crippen molar-refractivity contribution in [3.8, 4) is 0 Å². The maximum absolute atomic E-state index is 11.3. The summed E-state index contributed by atoms with van der Waals surface area (Å²) in [7, 11) is 0. The minimum atomic E-state index is -1.03. The normalized spacial score (nSPS) is 19.2. The van der Waals surface area contributed by atoms with E-state index in [1.807, 2.05) is 0 Å². The number of nitrogens with zero attached hydrogens (tertiary/aromatic N) is 1. The second-order valence-electron chi connectivity index (χ2n) is 4.22. The van der Waals surface area contributed by atoms with E-state index < -0.39 is 11.6 Å². The van der Waals surface area contributed by atoms with Crippen molar-refractivity contribution in [3.05, 3.63) is 17.5 Å². The summed E-state index contributed by atoms with van der Waals surface area (Å²) < 4.78 is 9.78. The molecular formula is C11H15NO4. The van der Waals surface area contributed by atoms with Crippen LogP contribution in [0.4, 0.5) is 0 Å². The van der Waals surface area contributed by atoms with Gasteiger partial charge in [0.25, 0.3) is 0 Å². The number of aromatic nitrogens is 1. The van der Waals surface area contributed by atoms with Crippen LogP contribution in [0.3, 0.4) is 0 Å². The fraction of sp³-hybridized carbons (Fsp3) is 0.636. The molecule has 1 atom stereocenters. The number of hydrogen-bond donors (Lipinski definition) is 1. The van der Waals surface area contributed by atoms with Crippen molar-refractivity contribution in [2.24, 2.45) is 5.92 Å². The minimum Gasteiger partial charge on any atom is -0.461 e. The summed E-state index contributed by atoms with van der Waals surface area (Å²) in [6.07, 6.45) is 1.95. The van der Waals surface area contributed by atoms with E-state index in [4.69, 9.17) is 9.26 Å². The van der Waals surface area contributed by atoms with Gasteiger partial charge in [0.1, 0.15) is 5.60 Å². The standard InChI is InChI=1S/C11H15NO4/c1-3-15-10(13)8-6-9(16-12-8)11(2,14)7-4-5-7/h6-7,14H,3-5H2,1-2H3/t11-/m0/s1. The van der Waals surface area contributed by atoms with Crippen molar-refractivity contribution in [1.82, 2.24) is 5.16 Å². The molecule has 1 N–H and O–H groups in total. The zero-order valence-electron chi connectivity index (χ0n) is 9.40. The Morgan fingerprint density at radius 2 is 2.44 bits per heavy atom. The second-order valence-corrected chi connectivity index (χ2v) is 4.22. The molecule has 2 rings (SSSR count). The van der Waals surface area contributed by atoms with Crippen molar-refractivity contribution in [2.75, 3.05) is 6.61 Å². The van der Waals surface area contributed by atoms with E-state index in [0.29, 0.717) is 12.4 Å². The molecule has 0 unspecified atom stereocenters. The summed E-state index contributed by atoms with van der Waals surface area (Å²) in [6.45, 7) is 3.69. The van der Waals surface area contributed by atoms with Gasteiger partial charge in [0.05, 0.1) is 6.61 Å². The molecule has 1 fully saturated rings. The maximum atomic E-state index is 11.3. The van der Waals surface area contributed by atoms with E-state index in [1.165, 1.54) is 6.07 Å². The van der Waals surface area contributed by atoms with Gasteiger partial charge in [0, 0.05) is 6.07 Å². The van der Waals surface area contributed by atoms with E-state index in [1.54, 1.807) is 13.8 Å². The van der Waals surface area contributed by atoms with Gasteiger partial charge >= 0.3 is 5.97 Å². The molecule has 0 saturated heterocycles. The Kier molecular flexibility index (Phi) is 2.71. The van der Waals surface area contributed by atoms with Crippen molar-refractivity contribution in [3.63, 3.8) is 0 Å². The number of ether oxygens (including phenoxy) is 1. The molecule has 1 saturated carbocycles. The third-order valence-electron chi connectivity index (χ3n) is 2.87. The van der Waals surface area contributed by atoms with Crippen molar-refractivity contribution < 1.29 is 19.2 Å². The Balaban J connectivity index is 2.15. The Morgan fingerprint density at radius 3 is 3.00 bits per heavy atom. The number of rotatable bonds is 4. The molecule has 1 aromatic rings. The number of esters is 1. The third kappa shape index (κ3) is 1.95. The first kappa shape index (κ1) is 11.1. The molecule has 0 aliphatic heterocycles. The average Bonchev–Trinajstić information content (AvgIpc) is 2.96. The summed E-state index contributed by atoms with van der Waals surface area (Å²) >= 11 is 0. The highest BCUT2D eigenvalue weighted by atomic mass is 16.5. The van der Waals surface area contributed by atoms with E-state index in [0.717, 1.165) is 12.8 Å². The van der Waals surface area contributed by atoms with Crippen LogP contribution in [0.25, 0.3) is 0 Å². The van der Waals surface area contributed by atoms with Gasteiger partial charge in [-0.3, -0.25) is 0 Å². The molecule has 1 heterocycles. The first-order chi connectivity index (χ1) is 7.55. The van der Waals surface area contributed by atoms with E-state index in [9.17, 15) is 9.90 Å². The Hall–Kier alpha value is -1.36. The predicted molar refractivity (Wildman–Crippen MR) is 54.8 cm³/mol. The third-order valence-corrected chi connectivity index (χ3v) is 2.87. The van der Waals surface area contributed by atoms with Crippen LogP contribution in [0.5, 0.6) is 0 Å². The molecular weight excluding hydrogens is 210 g/mol. The SMILES string of the molecule is CCOC(=O)c1cc([C@@](C)(O)C2CC2)on1. The van der Waals surface area contributed by atoms with Crippen LogP contribution in [0.1, 0.15) is 42.9 Å². The van der Waals surface area contributed by atoms with E-state index >= 15 is 0 Å². The van der Waals surface area contributed by atoms with Crippen molar-refractivity contribution >= 4 is 5.97 Å². The lowest BCUT2D eigenvalue weighted by Crippen LogP contribution is -2.22. The molecule has 16 heavy (non-hydrogen) atoms. The summed E-state index contributed by atoms with van der Waals surface area (Å²) in [6, 6.07) is 1.45. The fourth-order valence-electron chi connectivity index (χ4n) is 1.66. The maximum Gasteiger partial charge on any atom is 0.360 e. The molecule has 0 aromatic carbocycles. The Morgan fingerprint density at radius 1 is 1.75 bits per heavy atom. The molecule has 1 aromatic heterocycles. The van der Waals surface area contributed by atoms with Gasteiger partial charge in [-0.1, -0.05) is 5.16 Å². The Labute approximate surface area is 93.4 Å². The second kappa shape index (κ2) is 3.90. The Bertz CT molecular complexity index is 392. The number of carbonyl (C=O) groups excluding carboxylic acids is 1. The smallest absolute Gasteiger partial charge is 0.360 e. The number of carbonyl (C=O) groups is 1. The van der Waals surface area contributed by atoms with Crippen molar-refractivity contribution in [2.45, 2.75) is 32.3 Å². The van der Waals surface area contributed by atoms with Gasteiger partial charge in [0.2, 0.25) is 0 Å². The largest absolute Gasteiger partial charge is 0.461 e. The van der Waals surface area contributed by atoms with E-state index in [2.05, 4.69) is 5.16 Å². The summed E-state index contributed by atoms with van der Waals surface area (Å²) in [4.78, 5) is 11.3. The lowest BCUT2D eigenvalue weighted by Gasteiger charge is -2.18. The molecule has 0 spiro atoms. The molecule has 5 heteroatoms. The summed E-state index contributed by atoms with van der Waals surface area (Å²) in [5.74, 6) is 0.0117. The highest BCUT2D eigenvalue weighted by molar-refractivity contribution is 5.87. The first-order valence-corrected chi connectivity index (χ1v) is 5.42. The van der Waals surface area contributed by atoms with Crippen LogP contribution in [0.15, 0.2) is 10.6 Å². The lowest BCUT2D eigenvalue weighted by molar-refractivity contribution is 0.00587. The average molecular weight is 225 g/mol. The van der Waals surface area contributed by atoms with Crippen LogP contribution in [0.2, 0.25) is 0 Å². The van der Waals surface area contributed by atoms with Gasteiger partial charge in [-0.15, -0.1) is 0 Å². The highest BCUT2D eigenvalue weighted by Crippen LogP contribution is 2.45. The van der Waals surface area contributed by atoms with Crippen LogP contribution in [-0.2, 0) is 10.3 Å². The molecule has 88 valence electrons. The summed E-state index contributed by atoms with van der Waals surface area (Å²) in [5, 5.41) is 13.8. The molecule has 0 amide bonds. The van der Waals surface area contributed by atoms with Crippen LogP contribution in [-0.4, -0.2) is 22.8 Å². The van der Waals surface area contributed by atoms with Gasteiger partial charge < -0.3 is 14.4 Å². The quantitative estimate of drug-likeness (QED) is 0.785.